The fourth-order valence-corrected chi connectivity index (χ4v) is 3.90. The maximum atomic E-state index is 5.76. The van der Waals surface area contributed by atoms with E-state index in [9.17, 15) is 0 Å². The van der Waals surface area contributed by atoms with Gasteiger partial charge in [-0.2, -0.15) is 4.57 Å². The van der Waals surface area contributed by atoms with Crippen LogP contribution < -0.4 is 9.30 Å². The summed E-state index contributed by atoms with van der Waals surface area (Å²) in [6.45, 7) is 2.22. The Morgan fingerprint density at radius 3 is 2.24 bits per heavy atom. The number of imidazole rings is 1. The second-order valence-corrected chi connectivity index (χ2v) is 7.15. The van der Waals surface area contributed by atoms with E-state index in [2.05, 4.69) is 76.0 Å². The molecule has 3 aromatic carbocycles. The van der Waals surface area contributed by atoms with Crippen LogP contribution in [0.4, 0.5) is 0 Å². The summed E-state index contributed by atoms with van der Waals surface area (Å²) >= 11 is 0. The maximum Gasteiger partial charge on any atom is 0.288 e. The van der Waals surface area contributed by atoms with Crippen LogP contribution in [0.25, 0.3) is 28.1 Å². The lowest BCUT2D eigenvalue weighted by molar-refractivity contribution is -0.716. The molecule has 29 heavy (non-hydrogen) atoms. The Hall–Kier alpha value is -3.37. The minimum absolute atomic E-state index is 0.605. The summed E-state index contributed by atoms with van der Waals surface area (Å²) in [5, 5.41) is 0. The molecule has 0 fully saturated rings. The number of ether oxygens (including phenoxy) is 2. The molecule has 1 aromatic heterocycles. The Bertz CT molecular complexity index is 1110. The summed E-state index contributed by atoms with van der Waals surface area (Å²) in [4.78, 5) is 0. The molecule has 0 radical (unpaired) electrons. The van der Waals surface area contributed by atoms with Crippen molar-refractivity contribution in [1.29, 1.82) is 0 Å². The van der Waals surface area contributed by atoms with Crippen molar-refractivity contribution in [1.82, 2.24) is 4.57 Å². The van der Waals surface area contributed by atoms with E-state index in [-0.39, 0.29) is 0 Å². The van der Waals surface area contributed by atoms with E-state index in [1.807, 2.05) is 18.2 Å². The number of aromatic nitrogens is 2. The van der Waals surface area contributed by atoms with E-state index in [0.29, 0.717) is 6.61 Å². The normalized spacial score (nSPS) is 13.1. The standard InChI is InChI=1S/C25H23N2O2/c1-28-23-13-11-22(12-14-23)27-24(17-26-15-16-29-18-25(26)27)21-9-7-20(8-10-21)19-5-3-2-4-6-19/h2-14,17H,15-16,18H2,1H3/q+1. The van der Waals surface area contributed by atoms with Crippen LogP contribution in [0.3, 0.4) is 0 Å². The van der Waals surface area contributed by atoms with E-state index in [4.69, 9.17) is 9.47 Å². The van der Waals surface area contributed by atoms with E-state index in [1.54, 1.807) is 7.11 Å². The number of nitrogens with zero attached hydrogens (tertiary/aromatic N) is 2. The first kappa shape index (κ1) is 17.7. The molecular weight excluding hydrogens is 360 g/mol. The Kier molecular flexibility index (Phi) is 4.62. The Labute approximate surface area is 170 Å². The van der Waals surface area contributed by atoms with Gasteiger partial charge in [0.25, 0.3) is 5.82 Å². The van der Waals surface area contributed by atoms with Crippen molar-refractivity contribution in [2.75, 3.05) is 13.7 Å². The van der Waals surface area contributed by atoms with Crippen molar-refractivity contribution in [3.05, 3.63) is 90.9 Å². The molecule has 0 amide bonds. The topological polar surface area (TPSA) is 27.3 Å². The van der Waals surface area contributed by atoms with Gasteiger partial charge in [0.15, 0.2) is 5.69 Å². The van der Waals surface area contributed by atoms with Crippen molar-refractivity contribution < 1.29 is 14.0 Å². The molecule has 0 spiro atoms. The van der Waals surface area contributed by atoms with Gasteiger partial charge in [-0.1, -0.05) is 42.5 Å². The first-order valence-electron chi connectivity index (χ1n) is 9.85. The molecule has 1 aliphatic rings. The number of benzene rings is 3. The molecule has 4 aromatic rings. The minimum atomic E-state index is 0.605. The number of fused-ring (bicyclic) bond motifs is 1. The molecule has 144 valence electrons. The lowest BCUT2D eigenvalue weighted by Gasteiger charge is -2.11. The van der Waals surface area contributed by atoms with Gasteiger partial charge in [0.2, 0.25) is 0 Å². The van der Waals surface area contributed by atoms with Gasteiger partial charge in [-0.05, 0) is 47.5 Å². The van der Waals surface area contributed by atoms with Crippen LogP contribution in [-0.4, -0.2) is 18.3 Å². The van der Waals surface area contributed by atoms with Gasteiger partial charge in [-0.15, -0.1) is 0 Å². The molecule has 2 heterocycles. The van der Waals surface area contributed by atoms with Crippen molar-refractivity contribution in [2.24, 2.45) is 0 Å². The predicted octanol–water partition coefficient (Wildman–Crippen LogP) is 4.64. The fraction of sp³-hybridized carbons (Fsp3) is 0.160. The lowest BCUT2D eigenvalue weighted by Crippen LogP contribution is -2.43. The summed E-state index contributed by atoms with van der Waals surface area (Å²) in [7, 11) is 1.69. The first-order valence-corrected chi connectivity index (χ1v) is 9.85. The van der Waals surface area contributed by atoms with Gasteiger partial charge >= 0.3 is 0 Å². The minimum Gasteiger partial charge on any atom is -0.497 e. The molecule has 0 saturated heterocycles. The molecule has 0 saturated carbocycles. The summed E-state index contributed by atoms with van der Waals surface area (Å²) in [5.74, 6) is 2.01. The highest BCUT2D eigenvalue weighted by Crippen LogP contribution is 2.29. The molecule has 0 atom stereocenters. The van der Waals surface area contributed by atoms with Crippen LogP contribution in [-0.2, 0) is 17.9 Å². The zero-order valence-corrected chi connectivity index (χ0v) is 16.4. The summed E-state index contributed by atoms with van der Waals surface area (Å²) in [5.41, 5.74) is 5.90. The monoisotopic (exact) mass is 383 g/mol. The number of hydrogen-bond acceptors (Lipinski definition) is 2. The van der Waals surface area contributed by atoms with Gasteiger partial charge < -0.3 is 9.47 Å². The smallest absolute Gasteiger partial charge is 0.288 e. The SMILES string of the molecule is COc1ccc(-n2c(-c3ccc(-c4ccccc4)cc3)c[n+]3c2COCC3)cc1. The predicted molar refractivity (Wildman–Crippen MR) is 113 cm³/mol. The van der Waals surface area contributed by atoms with Crippen LogP contribution in [0.15, 0.2) is 85.1 Å². The Morgan fingerprint density at radius 2 is 1.52 bits per heavy atom. The molecule has 0 bridgehead atoms. The highest BCUT2D eigenvalue weighted by atomic mass is 16.5. The van der Waals surface area contributed by atoms with Crippen LogP contribution in [0.2, 0.25) is 0 Å². The average Bonchev–Trinajstić information content (AvgIpc) is 3.19. The molecule has 5 rings (SSSR count). The second-order valence-electron chi connectivity index (χ2n) is 7.15. The van der Waals surface area contributed by atoms with Gasteiger partial charge in [0.1, 0.15) is 30.8 Å². The fourth-order valence-electron chi connectivity index (χ4n) is 3.90. The van der Waals surface area contributed by atoms with E-state index in [0.717, 1.165) is 36.1 Å². The average molecular weight is 383 g/mol. The first-order chi connectivity index (χ1) is 14.3. The lowest BCUT2D eigenvalue weighted by atomic mass is 10.0. The molecule has 0 aliphatic carbocycles. The zero-order valence-electron chi connectivity index (χ0n) is 16.4. The zero-order chi connectivity index (χ0) is 19.6. The van der Waals surface area contributed by atoms with Crippen molar-refractivity contribution in [2.45, 2.75) is 13.2 Å². The van der Waals surface area contributed by atoms with Crippen LogP contribution in [0, 0.1) is 0 Å². The van der Waals surface area contributed by atoms with Crippen molar-refractivity contribution in [3.8, 4) is 33.8 Å². The van der Waals surface area contributed by atoms with E-state index in [1.165, 1.54) is 16.7 Å². The molecule has 1 aliphatic heterocycles. The third-order valence-corrected chi connectivity index (χ3v) is 5.43. The molecule has 4 nitrogen and oxygen atoms in total. The number of hydrogen-bond donors (Lipinski definition) is 0. The summed E-state index contributed by atoms with van der Waals surface area (Å²) in [6, 6.07) is 27.4. The molecule has 0 N–H and O–H groups in total. The van der Waals surface area contributed by atoms with Gasteiger partial charge in [0, 0.05) is 5.56 Å². The quantitative estimate of drug-likeness (QED) is 0.480. The Morgan fingerprint density at radius 1 is 0.828 bits per heavy atom. The maximum absolute atomic E-state index is 5.76. The number of rotatable bonds is 4. The third kappa shape index (κ3) is 3.32. The van der Waals surface area contributed by atoms with Crippen LogP contribution in [0.5, 0.6) is 5.75 Å². The summed E-state index contributed by atoms with van der Waals surface area (Å²) < 4.78 is 15.7. The van der Waals surface area contributed by atoms with Gasteiger partial charge in [0.05, 0.1) is 13.7 Å². The molecule has 4 heteroatoms. The van der Waals surface area contributed by atoms with Crippen molar-refractivity contribution in [3.63, 3.8) is 0 Å². The summed E-state index contributed by atoms with van der Waals surface area (Å²) in [6.07, 6.45) is 2.24. The van der Waals surface area contributed by atoms with Gasteiger partial charge in [-0.3, -0.25) is 0 Å². The third-order valence-electron chi connectivity index (χ3n) is 5.43. The van der Waals surface area contributed by atoms with Crippen LogP contribution in [0.1, 0.15) is 5.82 Å². The molecular formula is C25H23N2O2+. The largest absolute Gasteiger partial charge is 0.497 e. The van der Waals surface area contributed by atoms with Crippen molar-refractivity contribution >= 4 is 0 Å². The van der Waals surface area contributed by atoms with E-state index < -0.39 is 0 Å². The van der Waals surface area contributed by atoms with E-state index >= 15 is 0 Å². The van der Waals surface area contributed by atoms with Crippen LogP contribution >= 0.6 is 0 Å². The van der Waals surface area contributed by atoms with Gasteiger partial charge in [-0.25, -0.2) is 4.57 Å². The number of methoxy groups -OCH3 is 1. The second kappa shape index (κ2) is 7.57. The highest BCUT2D eigenvalue weighted by Gasteiger charge is 2.28. The highest BCUT2D eigenvalue weighted by molar-refractivity contribution is 5.69. The Balaban J connectivity index is 1.60. The molecule has 0 unspecified atom stereocenters.